The summed E-state index contributed by atoms with van der Waals surface area (Å²) in [6.45, 7) is 9.26. The van der Waals surface area contributed by atoms with Crippen LogP contribution in [0.1, 0.15) is 33.3 Å². The van der Waals surface area contributed by atoms with Crippen LogP contribution >= 0.6 is 0 Å². The fourth-order valence-corrected chi connectivity index (χ4v) is 1.93. The molecule has 2 heteroatoms. The van der Waals surface area contributed by atoms with Crippen LogP contribution < -0.4 is 9.47 Å². The van der Waals surface area contributed by atoms with Crippen molar-refractivity contribution >= 4 is 0 Å². The molecule has 0 bridgehead atoms. The molecule has 0 unspecified atom stereocenters. The maximum atomic E-state index is 5.82. The molecule has 0 aromatic heterocycles. The average Bonchev–Trinajstić information content (AvgIpc) is 2.41. The van der Waals surface area contributed by atoms with E-state index < -0.39 is 0 Å². The zero-order chi connectivity index (χ0) is 14.6. The predicted molar refractivity (Wildman–Crippen MR) is 82.8 cm³/mol. The van der Waals surface area contributed by atoms with E-state index >= 15 is 0 Å². The second kappa shape index (κ2) is 6.00. The SMILES string of the molecule is CCOc1ccc(Oc2ccc(C(C)(C)C)cc2)cc1. The lowest BCUT2D eigenvalue weighted by Crippen LogP contribution is -2.10. The summed E-state index contributed by atoms with van der Waals surface area (Å²) in [7, 11) is 0. The Bertz CT molecular complexity index is 533. The lowest BCUT2D eigenvalue weighted by atomic mass is 9.87. The van der Waals surface area contributed by atoms with Crippen molar-refractivity contribution in [2.75, 3.05) is 6.61 Å². The predicted octanol–water partition coefficient (Wildman–Crippen LogP) is 5.18. The Morgan fingerprint density at radius 1 is 0.750 bits per heavy atom. The van der Waals surface area contributed by atoms with E-state index in [1.165, 1.54) is 5.56 Å². The zero-order valence-corrected chi connectivity index (χ0v) is 12.6. The topological polar surface area (TPSA) is 18.5 Å². The fraction of sp³-hybridized carbons (Fsp3) is 0.333. The van der Waals surface area contributed by atoms with Gasteiger partial charge >= 0.3 is 0 Å². The maximum absolute atomic E-state index is 5.82. The van der Waals surface area contributed by atoms with Crippen LogP contribution in [-0.4, -0.2) is 6.61 Å². The zero-order valence-electron chi connectivity index (χ0n) is 12.6. The van der Waals surface area contributed by atoms with Crippen LogP contribution in [-0.2, 0) is 5.41 Å². The van der Waals surface area contributed by atoms with Gasteiger partial charge < -0.3 is 9.47 Å². The quantitative estimate of drug-likeness (QED) is 0.762. The number of benzene rings is 2. The highest BCUT2D eigenvalue weighted by Gasteiger charge is 2.13. The molecular formula is C18H22O2. The van der Waals surface area contributed by atoms with Crippen LogP contribution in [0.15, 0.2) is 48.5 Å². The van der Waals surface area contributed by atoms with Crippen molar-refractivity contribution < 1.29 is 9.47 Å². The molecule has 2 nitrogen and oxygen atoms in total. The highest BCUT2D eigenvalue weighted by atomic mass is 16.5. The van der Waals surface area contributed by atoms with Crippen molar-refractivity contribution in [3.63, 3.8) is 0 Å². The normalized spacial score (nSPS) is 11.2. The second-order valence-corrected chi connectivity index (χ2v) is 5.78. The van der Waals surface area contributed by atoms with Crippen molar-refractivity contribution in [2.24, 2.45) is 0 Å². The van der Waals surface area contributed by atoms with Gasteiger partial charge in [-0.25, -0.2) is 0 Å². The van der Waals surface area contributed by atoms with E-state index in [1.807, 2.05) is 43.3 Å². The van der Waals surface area contributed by atoms with Crippen molar-refractivity contribution in [1.29, 1.82) is 0 Å². The Morgan fingerprint density at radius 2 is 1.20 bits per heavy atom. The molecule has 0 fully saturated rings. The van der Waals surface area contributed by atoms with Gasteiger partial charge in [0.1, 0.15) is 17.2 Å². The molecule has 2 aromatic rings. The van der Waals surface area contributed by atoms with E-state index in [-0.39, 0.29) is 5.41 Å². The van der Waals surface area contributed by atoms with Crippen LogP contribution in [0, 0.1) is 0 Å². The molecule has 0 aliphatic heterocycles. The third-order valence-electron chi connectivity index (χ3n) is 3.09. The first-order valence-electron chi connectivity index (χ1n) is 7.00. The van der Waals surface area contributed by atoms with Gasteiger partial charge in [-0.05, 0) is 54.3 Å². The number of hydrogen-bond acceptors (Lipinski definition) is 2. The molecule has 106 valence electrons. The molecule has 2 rings (SSSR count). The Hall–Kier alpha value is -1.96. The Morgan fingerprint density at radius 3 is 1.65 bits per heavy atom. The number of rotatable bonds is 4. The minimum absolute atomic E-state index is 0.164. The summed E-state index contributed by atoms with van der Waals surface area (Å²) in [5.41, 5.74) is 1.47. The maximum Gasteiger partial charge on any atom is 0.127 e. The van der Waals surface area contributed by atoms with Crippen molar-refractivity contribution in [2.45, 2.75) is 33.1 Å². The summed E-state index contributed by atoms with van der Waals surface area (Å²) in [4.78, 5) is 0. The first-order chi connectivity index (χ1) is 9.49. The lowest BCUT2D eigenvalue weighted by molar-refractivity contribution is 0.339. The molecule has 0 heterocycles. The third-order valence-corrected chi connectivity index (χ3v) is 3.09. The van der Waals surface area contributed by atoms with Crippen LogP contribution in [0.3, 0.4) is 0 Å². The van der Waals surface area contributed by atoms with Crippen LogP contribution in [0.25, 0.3) is 0 Å². The summed E-state index contributed by atoms with van der Waals surface area (Å²) < 4.78 is 11.2. The molecule has 0 saturated heterocycles. The minimum Gasteiger partial charge on any atom is -0.494 e. The molecule has 20 heavy (non-hydrogen) atoms. The van der Waals surface area contributed by atoms with E-state index in [0.29, 0.717) is 6.61 Å². The third kappa shape index (κ3) is 3.77. The van der Waals surface area contributed by atoms with E-state index in [0.717, 1.165) is 17.2 Å². The van der Waals surface area contributed by atoms with Crippen molar-refractivity contribution in [3.05, 3.63) is 54.1 Å². The van der Waals surface area contributed by atoms with Crippen LogP contribution in [0.5, 0.6) is 17.2 Å². The van der Waals surface area contributed by atoms with E-state index in [1.54, 1.807) is 0 Å². The van der Waals surface area contributed by atoms with Crippen LogP contribution in [0.4, 0.5) is 0 Å². The lowest BCUT2D eigenvalue weighted by Gasteiger charge is -2.19. The largest absolute Gasteiger partial charge is 0.494 e. The molecule has 0 amide bonds. The summed E-state index contributed by atoms with van der Waals surface area (Å²) in [6, 6.07) is 15.9. The average molecular weight is 270 g/mol. The van der Waals surface area contributed by atoms with Gasteiger partial charge in [-0.3, -0.25) is 0 Å². The summed E-state index contributed by atoms with van der Waals surface area (Å²) in [6.07, 6.45) is 0. The van der Waals surface area contributed by atoms with Gasteiger partial charge in [0.2, 0.25) is 0 Å². The van der Waals surface area contributed by atoms with Gasteiger partial charge in [0, 0.05) is 0 Å². The van der Waals surface area contributed by atoms with Crippen molar-refractivity contribution in [3.8, 4) is 17.2 Å². The Labute approximate surface area is 121 Å². The molecule has 0 aliphatic rings. The first kappa shape index (κ1) is 14.4. The fourth-order valence-electron chi connectivity index (χ4n) is 1.93. The molecule has 0 spiro atoms. The standard InChI is InChI=1S/C18H22O2/c1-5-19-15-10-12-17(13-11-15)20-16-8-6-14(7-9-16)18(2,3)4/h6-13H,5H2,1-4H3. The number of ether oxygens (including phenoxy) is 2. The smallest absolute Gasteiger partial charge is 0.127 e. The summed E-state index contributed by atoms with van der Waals surface area (Å²) in [5.74, 6) is 2.53. The number of hydrogen-bond donors (Lipinski definition) is 0. The van der Waals surface area contributed by atoms with E-state index in [2.05, 4.69) is 32.9 Å². The van der Waals surface area contributed by atoms with Gasteiger partial charge in [0.25, 0.3) is 0 Å². The van der Waals surface area contributed by atoms with Gasteiger partial charge in [-0.1, -0.05) is 32.9 Å². The highest BCUT2D eigenvalue weighted by Crippen LogP contribution is 2.27. The van der Waals surface area contributed by atoms with Gasteiger partial charge in [0.15, 0.2) is 0 Å². The van der Waals surface area contributed by atoms with E-state index in [4.69, 9.17) is 9.47 Å². The molecule has 2 aromatic carbocycles. The molecule has 0 saturated carbocycles. The highest BCUT2D eigenvalue weighted by molar-refractivity contribution is 5.37. The monoisotopic (exact) mass is 270 g/mol. The molecule has 0 N–H and O–H groups in total. The first-order valence-corrected chi connectivity index (χ1v) is 7.00. The second-order valence-electron chi connectivity index (χ2n) is 5.78. The Balaban J connectivity index is 2.06. The van der Waals surface area contributed by atoms with Gasteiger partial charge in [-0.2, -0.15) is 0 Å². The van der Waals surface area contributed by atoms with Crippen molar-refractivity contribution in [1.82, 2.24) is 0 Å². The molecule has 0 radical (unpaired) electrons. The molecular weight excluding hydrogens is 248 g/mol. The molecule has 0 atom stereocenters. The van der Waals surface area contributed by atoms with Gasteiger partial charge in [-0.15, -0.1) is 0 Å². The summed E-state index contributed by atoms with van der Waals surface area (Å²) in [5, 5.41) is 0. The minimum atomic E-state index is 0.164. The van der Waals surface area contributed by atoms with Crippen LogP contribution in [0.2, 0.25) is 0 Å². The molecule has 0 aliphatic carbocycles. The Kier molecular flexibility index (Phi) is 4.33. The summed E-state index contributed by atoms with van der Waals surface area (Å²) >= 11 is 0. The van der Waals surface area contributed by atoms with E-state index in [9.17, 15) is 0 Å². The van der Waals surface area contributed by atoms with Gasteiger partial charge in [0.05, 0.1) is 6.61 Å².